The van der Waals surface area contributed by atoms with E-state index in [0.29, 0.717) is 17.2 Å². The smallest absolute Gasteiger partial charge is 0.395 e. The highest BCUT2D eigenvalue weighted by atomic mass is 31.2. The Hall–Kier alpha value is -2.16. The van der Waals surface area contributed by atoms with Crippen LogP contribution in [-0.4, -0.2) is 59.8 Å². The molecule has 0 fully saturated rings. The zero-order valence-corrected chi connectivity index (χ0v) is 16.3. The number of alkyl halides is 3. The van der Waals surface area contributed by atoms with Gasteiger partial charge in [0.1, 0.15) is 18.5 Å². The first kappa shape index (κ1) is 22.1. The molecule has 2 aromatic rings. The molecular formula is C17H22F3N4O3P. The van der Waals surface area contributed by atoms with Gasteiger partial charge in [-0.05, 0) is 37.6 Å². The van der Waals surface area contributed by atoms with Gasteiger partial charge in [-0.25, -0.2) is 4.98 Å². The Balaban J connectivity index is 2.38. The summed E-state index contributed by atoms with van der Waals surface area (Å²) in [4.78, 5) is 8.82. The lowest BCUT2D eigenvalue weighted by Crippen LogP contribution is -2.32. The number of rotatable bonds is 8. The van der Waals surface area contributed by atoms with Crippen LogP contribution in [0.3, 0.4) is 0 Å². The number of aliphatic hydroxyl groups is 2. The average molecular weight is 418 g/mol. The molecule has 2 rings (SSSR count). The normalized spacial score (nSPS) is 12.1. The van der Waals surface area contributed by atoms with Crippen LogP contribution in [0.15, 0.2) is 30.5 Å². The zero-order valence-electron chi connectivity index (χ0n) is 15.4. The van der Waals surface area contributed by atoms with Crippen LogP contribution in [-0.2, 0) is 10.7 Å². The third-order valence-electron chi connectivity index (χ3n) is 3.86. The van der Waals surface area contributed by atoms with Gasteiger partial charge < -0.3 is 25.0 Å². The molecule has 0 radical (unpaired) electrons. The molecule has 0 unspecified atom stereocenters. The predicted molar refractivity (Wildman–Crippen MR) is 102 cm³/mol. The fraction of sp³-hybridized carbons (Fsp3) is 0.412. The van der Waals surface area contributed by atoms with Crippen molar-refractivity contribution < 1.29 is 27.9 Å². The van der Waals surface area contributed by atoms with E-state index in [-0.39, 0.29) is 19.0 Å². The molecule has 1 aromatic carbocycles. The Kier molecular flexibility index (Phi) is 7.03. The van der Waals surface area contributed by atoms with E-state index < -0.39 is 37.9 Å². The van der Waals surface area contributed by atoms with Gasteiger partial charge in [0.05, 0.1) is 13.2 Å². The first-order valence-corrected chi connectivity index (χ1v) is 11.0. The predicted octanol–water partition coefficient (Wildman–Crippen LogP) is 2.28. The van der Waals surface area contributed by atoms with Crippen molar-refractivity contribution in [3.05, 3.63) is 36.0 Å². The van der Waals surface area contributed by atoms with E-state index in [4.69, 9.17) is 10.2 Å². The molecule has 0 spiro atoms. The molecule has 7 nitrogen and oxygen atoms in total. The van der Waals surface area contributed by atoms with E-state index in [1.54, 1.807) is 37.6 Å². The summed E-state index contributed by atoms with van der Waals surface area (Å²) in [6, 6.07) is 6.60. The molecule has 1 aromatic heterocycles. The topological polar surface area (TPSA) is 98.6 Å². The number of aromatic nitrogens is 2. The van der Waals surface area contributed by atoms with Crippen molar-refractivity contribution in [3.8, 4) is 0 Å². The van der Waals surface area contributed by atoms with E-state index in [2.05, 4.69) is 15.3 Å². The van der Waals surface area contributed by atoms with Gasteiger partial charge >= 0.3 is 6.18 Å². The van der Waals surface area contributed by atoms with Crippen LogP contribution in [0.2, 0.25) is 0 Å². The van der Waals surface area contributed by atoms with E-state index in [9.17, 15) is 17.7 Å². The first-order chi connectivity index (χ1) is 13.1. The number of halogens is 3. The van der Waals surface area contributed by atoms with Crippen molar-refractivity contribution in [1.82, 2.24) is 9.97 Å². The second-order valence-electron chi connectivity index (χ2n) is 6.39. The highest BCUT2D eigenvalue weighted by Gasteiger charge is 2.36. The Morgan fingerprint density at radius 1 is 1.11 bits per heavy atom. The number of hydrogen-bond donors (Lipinski definition) is 3. The second kappa shape index (κ2) is 8.89. The van der Waals surface area contributed by atoms with Crippen molar-refractivity contribution in [2.75, 3.05) is 49.8 Å². The lowest BCUT2D eigenvalue weighted by Gasteiger charge is -2.25. The molecule has 0 atom stereocenters. The molecule has 0 saturated carbocycles. The summed E-state index contributed by atoms with van der Waals surface area (Å²) in [5.74, 6) is -0.510. The molecule has 0 aliphatic carbocycles. The van der Waals surface area contributed by atoms with Gasteiger partial charge in [-0.15, -0.1) is 0 Å². The molecule has 0 amide bonds. The molecule has 28 heavy (non-hydrogen) atoms. The summed E-state index contributed by atoms with van der Waals surface area (Å²) in [5, 5.41) is 21.7. The lowest BCUT2D eigenvalue weighted by molar-refractivity contribution is -0.137. The number of nitrogens with zero attached hydrogens (tertiary/aromatic N) is 3. The minimum absolute atomic E-state index is 0.0761. The van der Waals surface area contributed by atoms with Crippen molar-refractivity contribution in [2.24, 2.45) is 0 Å². The zero-order chi connectivity index (χ0) is 20.9. The Labute approximate surface area is 160 Å². The summed E-state index contributed by atoms with van der Waals surface area (Å²) < 4.78 is 52.0. The van der Waals surface area contributed by atoms with Crippen LogP contribution < -0.4 is 15.5 Å². The van der Waals surface area contributed by atoms with Gasteiger partial charge in [-0.2, -0.15) is 18.2 Å². The highest BCUT2D eigenvalue weighted by molar-refractivity contribution is 7.70. The standard InChI is InChI=1S/C17H22F3N4O3P/c1-28(2,27)13-5-3-12(4-6-13)22-16-21-11-14(17(18,19)20)15(23-16)24(7-9-25)8-10-26/h3-6,11,25-26H,7-10H2,1-2H3,(H,21,22,23). The van der Waals surface area contributed by atoms with Gasteiger partial charge in [0, 0.05) is 30.3 Å². The molecule has 1 heterocycles. The molecular weight excluding hydrogens is 396 g/mol. The summed E-state index contributed by atoms with van der Waals surface area (Å²) in [6.45, 7) is 2.21. The maximum Gasteiger partial charge on any atom is 0.421 e. The van der Waals surface area contributed by atoms with Crippen molar-refractivity contribution >= 4 is 29.9 Å². The quantitative estimate of drug-likeness (QED) is 0.566. The van der Waals surface area contributed by atoms with Gasteiger partial charge in [0.2, 0.25) is 5.95 Å². The van der Waals surface area contributed by atoms with Gasteiger partial charge in [0.15, 0.2) is 0 Å². The summed E-state index contributed by atoms with van der Waals surface area (Å²) in [6.07, 6.45) is -4.03. The molecule has 0 saturated heterocycles. The molecule has 0 aliphatic rings. The van der Waals surface area contributed by atoms with Gasteiger partial charge in [-0.3, -0.25) is 0 Å². The second-order valence-corrected chi connectivity index (χ2v) is 9.60. The SMILES string of the molecule is CP(C)(=O)c1ccc(Nc2ncc(C(F)(F)F)c(N(CCO)CCO)n2)cc1. The minimum atomic E-state index is -4.69. The van der Waals surface area contributed by atoms with Gasteiger partial charge in [0.25, 0.3) is 0 Å². The summed E-state index contributed by atoms with van der Waals surface area (Å²) in [7, 11) is -2.42. The van der Waals surface area contributed by atoms with Crippen molar-refractivity contribution in [2.45, 2.75) is 6.18 Å². The maximum absolute atomic E-state index is 13.3. The van der Waals surface area contributed by atoms with Crippen LogP contribution in [0, 0.1) is 0 Å². The molecule has 0 aliphatic heterocycles. The lowest BCUT2D eigenvalue weighted by atomic mass is 10.2. The fourth-order valence-electron chi connectivity index (χ4n) is 2.47. The average Bonchev–Trinajstić information content (AvgIpc) is 2.60. The van der Waals surface area contributed by atoms with Crippen LogP contribution in [0.1, 0.15) is 5.56 Å². The largest absolute Gasteiger partial charge is 0.421 e. The summed E-state index contributed by atoms with van der Waals surface area (Å²) in [5.41, 5.74) is -0.549. The number of aliphatic hydroxyl groups excluding tert-OH is 2. The van der Waals surface area contributed by atoms with Crippen LogP contribution in [0.4, 0.5) is 30.6 Å². The Morgan fingerprint density at radius 3 is 2.14 bits per heavy atom. The number of benzene rings is 1. The number of hydrogen-bond acceptors (Lipinski definition) is 7. The van der Waals surface area contributed by atoms with E-state index in [1.165, 1.54) is 0 Å². The number of anilines is 3. The molecule has 3 N–H and O–H groups in total. The molecule has 0 bridgehead atoms. The Bertz CT molecular complexity index is 835. The van der Waals surface area contributed by atoms with Crippen LogP contribution >= 0.6 is 7.14 Å². The summed E-state index contributed by atoms with van der Waals surface area (Å²) >= 11 is 0. The Morgan fingerprint density at radius 2 is 1.68 bits per heavy atom. The number of nitrogens with one attached hydrogen (secondary N) is 1. The monoisotopic (exact) mass is 418 g/mol. The van der Waals surface area contributed by atoms with Crippen LogP contribution in [0.5, 0.6) is 0 Å². The maximum atomic E-state index is 13.3. The van der Waals surface area contributed by atoms with E-state index >= 15 is 0 Å². The van der Waals surface area contributed by atoms with E-state index in [0.717, 1.165) is 4.90 Å². The van der Waals surface area contributed by atoms with E-state index in [1.807, 2.05) is 0 Å². The van der Waals surface area contributed by atoms with Crippen LogP contribution in [0.25, 0.3) is 0 Å². The van der Waals surface area contributed by atoms with Gasteiger partial charge in [-0.1, -0.05) is 0 Å². The third kappa shape index (κ3) is 5.67. The van der Waals surface area contributed by atoms with Crippen molar-refractivity contribution in [3.63, 3.8) is 0 Å². The molecule has 154 valence electrons. The molecule has 11 heteroatoms. The first-order valence-electron chi connectivity index (χ1n) is 8.40. The highest BCUT2D eigenvalue weighted by Crippen LogP contribution is 2.36. The third-order valence-corrected chi connectivity index (χ3v) is 5.40. The van der Waals surface area contributed by atoms with Crippen molar-refractivity contribution in [1.29, 1.82) is 0 Å². The fourth-order valence-corrected chi connectivity index (χ4v) is 3.34. The minimum Gasteiger partial charge on any atom is -0.395 e.